The highest BCUT2D eigenvalue weighted by Crippen LogP contribution is 2.23. The van der Waals surface area contributed by atoms with E-state index in [0.29, 0.717) is 16.3 Å². The van der Waals surface area contributed by atoms with Crippen LogP contribution in [0.2, 0.25) is 5.02 Å². The standard InChI is InChI=1S/C11H9ClFN3/c12-7-1-2-9(13)8(5-7)11(14)10-6-15-3-4-16-10/h1-6,11H,14H2. The van der Waals surface area contributed by atoms with Gasteiger partial charge >= 0.3 is 0 Å². The summed E-state index contributed by atoms with van der Waals surface area (Å²) in [6.45, 7) is 0. The average Bonchev–Trinajstić information content (AvgIpc) is 2.32. The molecule has 0 fully saturated rings. The predicted octanol–water partition coefficient (Wildman–Crippen LogP) is 2.32. The van der Waals surface area contributed by atoms with Crippen LogP contribution in [0.3, 0.4) is 0 Å². The summed E-state index contributed by atoms with van der Waals surface area (Å²) in [7, 11) is 0. The van der Waals surface area contributed by atoms with Crippen LogP contribution < -0.4 is 5.73 Å². The van der Waals surface area contributed by atoms with E-state index in [1.165, 1.54) is 36.8 Å². The van der Waals surface area contributed by atoms with Gasteiger partial charge in [0.1, 0.15) is 5.82 Å². The lowest BCUT2D eigenvalue weighted by Crippen LogP contribution is -2.15. The molecule has 0 spiro atoms. The Balaban J connectivity index is 2.41. The summed E-state index contributed by atoms with van der Waals surface area (Å²) in [4.78, 5) is 7.91. The Morgan fingerprint density at radius 1 is 1.31 bits per heavy atom. The van der Waals surface area contributed by atoms with Gasteiger partial charge in [0.05, 0.1) is 17.9 Å². The van der Waals surface area contributed by atoms with Crippen LogP contribution in [0.1, 0.15) is 17.3 Å². The van der Waals surface area contributed by atoms with Crippen molar-refractivity contribution in [2.24, 2.45) is 5.73 Å². The van der Waals surface area contributed by atoms with E-state index in [-0.39, 0.29) is 0 Å². The number of rotatable bonds is 2. The second-order valence-corrected chi connectivity index (χ2v) is 3.71. The summed E-state index contributed by atoms with van der Waals surface area (Å²) in [5, 5.41) is 0.441. The summed E-state index contributed by atoms with van der Waals surface area (Å²) in [5.41, 5.74) is 6.70. The zero-order valence-corrected chi connectivity index (χ0v) is 9.03. The first-order valence-electron chi connectivity index (χ1n) is 4.65. The summed E-state index contributed by atoms with van der Waals surface area (Å²) in [6.07, 6.45) is 4.55. The number of hydrogen-bond acceptors (Lipinski definition) is 3. The minimum atomic E-state index is -0.660. The van der Waals surface area contributed by atoms with E-state index in [4.69, 9.17) is 17.3 Å². The number of halogens is 2. The molecule has 0 saturated carbocycles. The minimum Gasteiger partial charge on any atom is -0.319 e. The molecule has 0 aliphatic heterocycles. The molecule has 1 aromatic heterocycles. The van der Waals surface area contributed by atoms with Crippen LogP contribution in [-0.2, 0) is 0 Å². The highest BCUT2D eigenvalue weighted by atomic mass is 35.5. The highest BCUT2D eigenvalue weighted by Gasteiger charge is 2.15. The van der Waals surface area contributed by atoms with Gasteiger partial charge in [-0.15, -0.1) is 0 Å². The molecule has 3 nitrogen and oxygen atoms in total. The molecule has 1 aromatic carbocycles. The fraction of sp³-hybridized carbons (Fsp3) is 0.0909. The van der Waals surface area contributed by atoms with E-state index in [2.05, 4.69) is 9.97 Å². The molecule has 0 aliphatic rings. The van der Waals surface area contributed by atoms with E-state index >= 15 is 0 Å². The maximum Gasteiger partial charge on any atom is 0.128 e. The second kappa shape index (κ2) is 4.55. The molecule has 0 radical (unpaired) electrons. The van der Waals surface area contributed by atoms with Crippen molar-refractivity contribution >= 4 is 11.6 Å². The Morgan fingerprint density at radius 3 is 2.81 bits per heavy atom. The van der Waals surface area contributed by atoms with Gasteiger partial charge in [-0.2, -0.15) is 0 Å². The van der Waals surface area contributed by atoms with Crippen molar-refractivity contribution in [2.75, 3.05) is 0 Å². The molecule has 0 aliphatic carbocycles. The van der Waals surface area contributed by atoms with E-state index in [9.17, 15) is 4.39 Å². The van der Waals surface area contributed by atoms with E-state index < -0.39 is 11.9 Å². The maximum atomic E-state index is 13.5. The molecule has 0 amide bonds. The molecular formula is C11H9ClFN3. The Morgan fingerprint density at radius 2 is 2.12 bits per heavy atom. The van der Waals surface area contributed by atoms with E-state index in [1.807, 2.05) is 0 Å². The molecule has 1 atom stereocenters. The third kappa shape index (κ3) is 2.18. The van der Waals surface area contributed by atoms with Gasteiger partial charge in [-0.25, -0.2) is 4.39 Å². The van der Waals surface area contributed by atoms with Gasteiger partial charge < -0.3 is 5.73 Å². The number of hydrogen-bond donors (Lipinski definition) is 1. The number of aromatic nitrogens is 2. The lowest BCUT2D eigenvalue weighted by Gasteiger charge is -2.12. The van der Waals surface area contributed by atoms with Crippen LogP contribution in [0, 0.1) is 5.82 Å². The molecule has 0 bridgehead atoms. The summed E-state index contributed by atoms with van der Waals surface area (Å²) < 4.78 is 13.5. The van der Waals surface area contributed by atoms with Gasteiger partial charge in [-0.3, -0.25) is 9.97 Å². The van der Waals surface area contributed by atoms with Gasteiger partial charge in [0.15, 0.2) is 0 Å². The monoisotopic (exact) mass is 237 g/mol. The summed E-state index contributed by atoms with van der Waals surface area (Å²) >= 11 is 5.79. The lowest BCUT2D eigenvalue weighted by atomic mass is 10.0. The smallest absolute Gasteiger partial charge is 0.128 e. The quantitative estimate of drug-likeness (QED) is 0.872. The number of benzene rings is 1. The van der Waals surface area contributed by atoms with Gasteiger partial charge in [0, 0.05) is 23.0 Å². The van der Waals surface area contributed by atoms with Crippen molar-refractivity contribution in [1.82, 2.24) is 9.97 Å². The Kier molecular flexibility index (Phi) is 3.12. The lowest BCUT2D eigenvalue weighted by molar-refractivity contribution is 0.597. The molecule has 82 valence electrons. The van der Waals surface area contributed by atoms with Crippen LogP contribution in [0.15, 0.2) is 36.8 Å². The predicted molar refractivity (Wildman–Crippen MR) is 59.5 cm³/mol. The molecule has 2 rings (SSSR count). The Hall–Kier alpha value is -1.52. The van der Waals surface area contributed by atoms with E-state index in [0.717, 1.165) is 0 Å². The van der Waals surface area contributed by atoms with E-state index in [1.54, 1.807) is 0 Å². The minimum absolute atomic E-state index is 0.313. The van der Waals surface area contributed by atoms with Crippen molar-refractivity contribution in [3.05, 3.63) is 58.9 Å². The molecular weight excluding hydrogens is 229 g/mol. The molecule has 1 heterocycles. The van der Waals surface area contributed by atoms with Crippen LogP contribution in [0.4, 0.5) is 4.39 Å². The fourth-order valence-corrected chi connectivity index (χ4v) is 1.56. The van der Waals surface area contributed by atoms with Gasteiger partial charge in [0.25, 0.3) is 0 Å². The van der Waals surface area contributed by atoms with Crippen molar-refractivity contribution in [1.29, 1.82) is 0 Å². The van der Waals surface area contributed by atoms with Crippen molar-refractivity contribution in [3.8, 4) is 0 Å². The van der Waals surface area contributed by atoms with Crippen LogP contribution >= 0.6 is 11.6 Å². The van der Waals surface area contributed by atoms with Crippen LogP contribution in [-0.4, -0.2) is 9.97 Å². The molecule has 2 aromatic rings. The van der Waals surface area contributed by atoms with Crippen molar-refractivity contribution in [3.63, 3.8) is 0 Å². The normalized spacial score (nSPS) is 12.4. The molecule has 0 saturated heterocycles. The third-order valence-corrected chi connectivity index (χ3v) is 2.43. The first-order chi connectivity index (χ1) is 7.68. The Bertz CT molecular complexity index is 490. The summed E-state index contributed by atoms with van der Waals surface area (Å²) in [5.74, 6) is -0.400. The molecule has 1 unspecified atom stereocenters. The molecule has 5 heteroatoms. The SMILES string of the molecule is NC(c1cnccn1)c1cc(Cl)ccc1F. The highest BCUT2D eigenvalue weighted by molar-refractivity contribution is 6.30. The maximum absolute atomic E-state index is 13.5. The zero-order valence-electron chi connectivity index (χ0n) is 8.27. The molecule has 16 heavy (non-hydrogen) atoms. The van der Waals surface area contributed by atoms with Crippen molar-refractivity contribution < 1.29 is 4.39 Å². The average molecular weight is 238 g/mol. The fourth-order valence-electron chi connectivity index (χ4n) is 1.38. The van der Waals surface area contributed by atoms with Gasteiger partial charge in [-0.05, 0) is 18.2 Å². The topological polar surface area (TPSA) is 51.8 Å². The van der Waals surface area contributed by atoms with Crippen molar-refractivity contribution in [2.45, 2.75) is 6.04 Å². The zero-order chi connectivity index (χ0) is 11.5. The number of nitrogens with two attached hydrogens (primary N) is 1. The first kappa shape index (κ1) is 11.0. The van der Waals surface area contributed by atoms with Gasteiger partial charge in [-0.1, -0.05) is 11.6 Å². The third-order valence-electron chi connectivity index (χ3n) is 2.19. The van der Waals surface area contributed by atoms with Crippen LogP contribution in [0.5, 0.6) is 0 Å². The largest absolute Gasteiger partial charge is 0.319 e. The number of nitrogens with zero attached hydrogens (tertiary/aromatic N) is 2. The van der Waals surface area contributed by atoms with Crippen LogP contribution in [0.25, 0.3) is 0 Å². The Labute approximate surface area is 97.1 Å². The first-order valence-corrected chi connectivity index (χ1v) is 5.02. The van der Waals surface area contributed by atoms with Gasteiger partial charge in [0.2, 0.25) is 0 Å². The molecule has 2 N–H and O–H groups in total. The second-order valence-electron chi connectivity index (χ2n) is 3.27. The summed E-state index contributed by atoms with van der Waals surface area (Å²) in [6, 6.07) is 3.60.